The van der Waals surface area contributed by atoms with E-state index in [4.69, 9.17) is 16.0 Å². The number of aromatic amines is 1. The third-order valence-electron chi connectivity index (χ3n) is 4.41. The van der Waals surface area contributed by atoms with Gasteiger partial charge in [0.2, 0.25) is 0 Å². The molecule has 0 saturated heterocycles. The summed E-state index contributed by atoms with van der Waals surface area (Å²) in [5, 5.41) is 12.4. The molecule has 29 heavy (non-hydrogen) atoms. The molecule has 0 unspecified atom stereocenters. The van der Waals surface area contributed by atoms with Crippen molar-refractivity contribution < 1.29 is 14.0 Å². The van der Waals surface area contributed by atoms with E-state index in [2.05, 4.69) is 20.8 Å². The maximum atomic E-state index is 12.7. The molecule has 0 saturated carbocycles. The number of rotatable bonds is 5. The van der Waals surface area contributed by atoms with Gasteiger partial charge in [-0.2, -0.15) is 5.10 Å². The number of anilines is 1. The Kier molecular flexibility index (Phi) is 4.89. The Hall–Kier alpha value is -3.10. The number of amides is 2. The second kappa shape index (κ2) is 7.38. The quantitative estimate of drug-likeness (QED) is 0.425. The van der Waals surface area contributed by atoms with Crippen LogP contribution in [0.1, 0.15) is 39.6 Å². The van der Waals surface area contributed by atoms with Crippen LogP contribution in [0.15, 0.2) is 52.9 Å². The number of nitrogens with zero attached hydrogens (tertiary/aromatic N) is 1. The number of hydrogen-bond acceptors (Lipinski definition) is 5. The van der Waals surface area contributed by atoms with Crippen LogP contribution >= 0.6 is 22.9 Å². The van der Waals surface area contributed by atoms with Crippen LogP contribution in [-0.4, -0.2) is 22.0 Å². The number of hydrogen-bond donors (Lipinski definition) is 3. The van der Waals surface area contributed by atoms with Crippen molar-refractivity contribution in [3.05, 3.63) is 69.1 Å². The van der Waals surface area contributed by atoms with Crippen molar-refractivity contribution in [3.63, 3.8) is 0 Å². The van der Waals surface area contributed by atoms with Gasteiger partial charge in [-0.1, -0.05) is 41.9 Å². The molecule has 0 aliphatic rings. The fourth-order valence-corrected chi connectivity index (χ4v) is 3.83. The highest BCUT2D eigenvalue weighted by Crippen LogP contribution is 2.27. The van der Waals surface area contributed by atoms with E-state index in [9.17, 15) is 9.59 Å². The largest absolute Gasteiger partial charge is 0.445 e. The van der Waals surface area contributed by atoms with Crippen molar-refractivity contribution >= 4 is 51.7 Å². The second-order valence-electron chi connectivity index (χ2n) is 6.93. The van der Waals surface area contributed by atoms with Gasteiger partial charge in [0.05, 0.1) is 14.8 Å². The molecule has 2 amide bonds. The van der Waals surface area contributed by atoms with Crippen LogP contribution in [0.2, 0.25) is 4.34 Å². The molecule has 9 heteroatoms. The summed E-state index contributed by atoms with van der Waals surface area (Å²) in [4.78, 5) is 25.5. The summed E-state index contributed by atoms with van der Waals surface area (Å²) in [6.45, 7) is 3.82. The van der Waals surface area contributed by atoms with Gasteiger partial charge in [-0.3, -0.25) is 14.7 Å². The highest BCUT2D eigenvalue weighted by Gasteiger charge is 2.26. The molecule has 0 atom stereocenters. The molecule has 0 fully saturated rings. The lowest BCUT2D eigenvalue weighted by Crippen LogP contribution is -2.40. The van der Waals surface area contributed by atoms with E-state index in [1.165, 1.54) is 0 Å². The molecule has 3 N–H and O–H groups in total. The van der Waals surface area contributed by atoms with Gasteiger partial charge in [-0.15, -0.1) is 11.3 Å². The summed E-state index contributed by atoms with van der Waals surface area (Å²) >= 11 is 7.03. The van der Waals surface area contributed by atoms with E-state index in [-0.39, 0.29) is 23.4 Å². The van der Waals surface area contributed by atoms with Gasteiger partial charge in [-0.05, 0) is 31.5 Å². The number of carbonyl (C=O) groups is 2. The number of carbonyl (C=O) groups excluding carboxylic acids is 2. The maximum Gasteiger partial charge on any atom is 0.287 e. The molecule has 4 aromatic rings. The minimum absolute atomic E-state index is 0.118. The monoisotopic (exact) mass is 428 g/mol. The topological polar surface area (TPSA) is 100 Å². The predicted molar refractivity (Wildman–Crippen MR) is 113 cm³/mol. The SMILES string of the molecule is CC(C)(NC(=O)c1cc2[nH]nc(NC(=O)c3ccc(Cl)s3)c2o1)c1ccccc1. The minimum atomic E-state index is -0.591. The van der Waals surface area contributed by atoms with Crippen molar-refractivity contribution in [2.45, 2.75) is 19.4 Å². The molecule has 0 bridgehead atoms. The van der Waals surface area contributed by atoms with Crippen LogP contribution in [0.25, 0.3) is 11.1 Å². The number of thiophene rings is 1. The third-order valence-corrected chi connectivity index (χ3v) is 5.64. The average Bonchev–Trinajstić information content (AvgIpc) is 3.39. The summed E-state index contributed by atoms with van der Waals surface area (Å²) < 4.78 is 6.20. The molecule has 0 aliphatic heterocycles. The van der Waals surface area contributed by atoms with Gasteiger partial charge in [0, 0.05) is 6.07 Å². The maximum absolute atomic E-state index is 12.7. The number of aromatic nitrogens is 2. The lowest BCUT2D eigenvalue weighted by atomic mass is 9.94. The predicted octanol–water partition coefficient (Wildman–Crippen LogP) is 4.79. The van der Waals surface area contributed by atoms with Crippen LogP contribution in [0.4, 0.5) is 5.82 Å². The van der Waals surface area contributed by atoms with Gasteiger partial charge >= 0.3 is 0 Å². The molecule has 0 radical (unpaired) electrons. The Labute approximate surface area is 175 Å². The average molecular weight is 429 g/mol. The van der Waals surface area contributed by atoms with E-state index in [1.54, 1.807) is 18.2 Å². The molecular weight excluding hydrogens is 412 g/mol. The zero-order valence-electron chi connectivity index (χ0n) is 15.6. The summed E-state index contributed by atoms with van der Waals surface area (Å²) in [5.74, 6) is -0.406. The Bertz CT molecular complexity index is 1190. The summed E-state index contributed by atoms with van der Waals surface area (Å²) in [5.41, 5.74) is 1.18. The molecular formula is C20H17ClN4O3S. The van der Waals surface area contributed by atoms with Gasteiger partial charge in [0.15, 0.2) is 17.2 Å². The fraction of sp³-hybridized carbons (Fsp3) is 0.150. The molecule has 0 aliphatic carbocycles. The summed E-state index contributed by atoms with van der Waals surface area (Å²) in [6, 6.07) is 14.5. The molecule has 4 rings (SSSR count). The highest BCUT2D eigenvalue weighted by atomic mass is 35.5. The van der Waals surface area contributed by atoms with Crippen LogP contribution in [0.5, 0.6) is 0 Å². The van der Waals surface area contributed by atoms with E-state index < -0.39 is 5.54 Å². The molecule has 7 nitrogen and oxygen atoms in total. The van der Waals surface area contributed by atoms with Crippen molar-refractivity contribution in [2.75, 3.05) is 5.32 Å². The number of nitrogens with one attached hydrogen (secondary N) is 3. The van der Waals surface area contributed by atoms with E-state index in [1.807, 2.05) is 44.2 Å². The summed E-state index contributed by atoms with van der Waals surface area (Å²) in [7, 11) is 0. The second-order valence-corrected chi connectivity index (χ2v) is 8.64. The van der Waals surface area contributed by atoms with Crippen molar-refractivity contribution in [3.8, 4) is 0 Å². The van der Waals surface area contributed by atoms with Crippen LogP contribution in [0.3, 0.4) is 0 Å². The highest BCUT2D eigenvalue weighted by molar-refractivity contribution is 7.18. The Morgan fingerprint density at radius 1 is 1.14 bits per heavy atom. The van der Waals surface area contributed by atoms with Crippen molar-refractivity contribution in [1.82, 2.24) is 15.5 Å². The molecule has 148 valence electrons. The Morgan fingerprint density at radius 3 is 2.59 bits per heavy atom. The lowest BCUT2D eigenvalue weighted by Gasteiger charge is -2.26. The van der Waals surface area contributed by atoms with Crippen LogP contribution in [0, 0.1) is 0 Å². The van der Waals surface area contributed by atoms with Crippen molar-refractivity contribution in [1.29, 1.82) is 0 Å². The first kappa shape index (κ1) is 19.2. The van der Waals surface area contributed by atoms with E-state index in [0.717, 1.165) is 16.9 Å². The zero-order valence-corrected chi connectivity index (χ0v) is 17.1. The number of furan rings is 1. The van der Waals surface area contributed by atoms with Gasteiger partial charge < -0.3 is 15.1 Å². The first-order valence-electron chi connectivity index (χ1n) is 8.76. The standard InChI is InChI=1S/C20H17ClN4O3S/c1-20(2,11-6-4-3-5-7-11)23-18(26)13-10-12-16(28-13)17(25-24-12)22-19(27)14-8-9-15(21)29-14/h3-10H,1-2H3,(H,23,26)(H2,22,24,25,27). The van der Waals surface area contributed by atoms with E-state index in [0.29, 0.717) is 20.3 Å². The van der Waals surface area contributed by atoms with Gasteiger partial charge in [0.1, 0.15) is 5.52 Å². The van der Waals surface area contributed by atoms with Gasteiger partial charge in [0.25, 0.3) is 11.8 Å². The van der Waals surface area contributed by atoms with E-state index >= 15 is 0 Å². The van der Waals surface area contributed by atoms with Gasteiger partial charge in [-0.25, -0.2) is 0 Å². The number of fused-ring (bicyclic) bond motifs is 1. The lowest BCUT2D eigenvalue weighted by molar-refractivity contribution is 0.0885. The molecule has 0 spiro atoms. The Morgan fingerprint density at radius 2 is 1.90 bits per heavy atom. The molecule has 1 aromatic carbocycles. The normalized spacial score (nSPS) is 11.6. The summed E-state index contributed by atoms with van der Waals surface area (Å²) in [6.07, 6.45) is 0. The van der Waals surface area contributed by atoms with Crippen molar-refractivity contribution in [2.24, 2.45) is 0 Å². The smallest absolute Gasteiger partial charge is 0.287 e. The minimum Gasteiger partial charge on any atom is -0.445 e. The zero-order chi connectivity index (χ0) is 20.6. The molecule has 3 heterocycles. The van der Waals surface area contributed by atoms with Crippen LogP contribution in [-0.2, 0) is 5.54 Å². The number of halogens is 1. The van der Waals surface area contributed by atoms with Crippen LogP contribution < -0.4 is 10.6 Å². The third kappa shape index (κ3) is 3.90. The Balaban J connectivity index is 1.54. The first-order valence-corrected chi connectivity index (χ1v) is 9.95. The number of H-pyrrole nitrogens is 1. The molecule has 3 aromatic heterocycles. The fourth-order valence-electron chi connectivity index (χ4n) is 2.89. The number of benzene rings is 1. The first-order chi connectivity index (χ1) is 13.8.